The Morgan fingerprint density at radius 1 is 1.70 bits per heavy atom. The third-order valence-electron chi connectivity index (χ3n) is 0.673. The molecule has 0 unspecified atom stereocenters. The molecule has 3 nitrogen and oxygen atoms in total. The van der Waals surface area contributed by atoms with Gasteiger partial charge in [0.2, 0.25) is 0 Å². The Labute approximate surface area is 61.3 Å². The van der Waals surface area contributed by atoms with Crippen molar-refractivity contribution in [2.75, 3.05) is 13.2 Å². The minimum absolute atomic E-state index is 0. The fourth-order valence-electron chi connectivity index (χ4n) is 0.262. The summed E-state index contributed by atoms with van der Waals surface area (Å²) in [6, 6.07) is 0. The zero-order chi connectivity index (χ0) is 7.28. The molecule has 0 aromatic carbocycles. The summed E-state index contributed by atoms with van der Waals surface area (Å²) in [5, 5.41) is 8.19. The molecule has 10 heavy (non-hydrogen) atoms. The predicted molar refractivity (Wildman–Crippen MR) is 39.3 cm³/mol. The van der Waals surface area contributed by atoms with E-state index in [2.05, 4.69) is 11.3 Å². The number of rotatable bonds is 3. The van der Waals surface area contributed by atoms with Crippen LogP contribution in [0.25, 0.3) is 0 Å². The van der Waals surface area contributed by atoms with Crippen molar-refractivity contribution in [2.45, 2.75) is 6.92 Å². The summed E-state index contributed by atoms with van der Waals surface area (Å²) in [4.78, 5) is 10.5. The van der Waals surface area contributed by atoms with Crippen LogP contribution in [0.2, 0.25) is 0 Å². The molecular weight excluding hydrogens is 132 g/mol. The standard InChI is InChI=1S/C6H10O3.CH3/c1-5(2)6(8)9-4-3-7;/h7H,1,3-4H2,2H3;1H3. The minimum atomic E-state index is -0.455. The van der Waals surface area contributed by atoms with Gasteiger partial charge in [0.25, 0.3) is 0 Å². The highest BCUT2D eigenvalue weighted by Crippen LogP contribution is 1.89. The van der Waals surface area contributed by atoms with Gasteiger partial charge in [0.05, 0.1) is 6.61 Å². The second-order valence-corrected chi connectivity index (χ2v) is 1.64. The second-order valence-electron chi connectivity index (χ2n) is 1.64. The first-order valence-electron chi connectivity index (χ1n) is 2.62. The van der Waals surface area contributed by atoms with Gasteiger partial charge in [-0.3, -0.25) is 0 Å². The molecule has 0 fully saturated rings. The summed E-state index contributed by atoms with van der Waals surface area (Å²) in [7, 11) is 0. The van der Waals surface area contributed by atoms with Gasteiger partial charge in [-0.05, 0) is 6.92 Å². The molecule has 0 aromatic heterocycles. The van der Waals surface area contributed by atoms with E-state index in [0.717, 1.165) is 0 Å². The summed E-state index contributed by atoms with van der Waals surface area (Å²) in [6.07, 6.45) is 0. The number of esters is 1. The van der Waals surface area contributed by atoms with Gasteiger partial charge in [0, 0.05) is 5.57 Å². The van der Waals surface area contributed by atoms with Crippen LogP contribution in [0, 0.1) is 7.43 Å². The van der Waals surface area contributed by atoms with E-state index in [9.17, 15) is 4.79 Å². The molecule has 0 spiro atoms. The number of hydrogen-bond donors (Lipinski definition) is 1. The molecule has 0 aliphatic heterocycles. The van der Waals surface area contributed by atoms with E-state index in [-0.39, 0.29) is 20.6 Å². The zero-order valence-corrected chi connectivity index (χ0v) is 6.39. The van der Waals surface area contributed by atoms with Gasteiger partial charge in [-0.2, -0.15) is 0 Å². The fourth-order valence-corrected chi connectivity index (χ4v) is 0.262. The summed E-state index contributed by atoms with van der Waals surface area (Å²) >= 11 is 0. The first kappa shape index (κ1) is 11.9. The smallest absolute Gasteiger partial charge is 0.333 e. The molecule has 0 heterocycles. The van der Waals surface area contributed by atoms with Crippen LogP contribution in [0.15, 0.2) is 12.2 Å². The number of ether oxygens (including phenoxy) is 1. The quantitative estimate of drug-likeness (QED) is 0.466. The van der Waals surface area contributed by atoms with Gasteiger partial charge in [0.15, 0.2) is 0 Å². The maximum absolute atomic E-state index is 10.5. The molecule has 1 radical (unpaired) electrons. The highest BCUT2D eigenvalue weighted by atomic mass is 16.5. The largest absolute Gasteiger partial charge is 0.460 e. The summed E-state index contributed by atoms with van der Waals surface area (Å²) in [5.41, 5.74) is 0.350. The third-order valence-corrected chi connectivity index (χ3v) is 0.673. The molecule has 0 aromatic rings. The lowest BCUT2D eigenvalue weighted by Crippen LogP contribution is -2.08. The lowest BCUT2D eigenvalue weighted by Gasteiger charge is -1.99. The van der Waals surface area contributed by atoms with Gasteiger partial charge < -0.3 is 9.84 Å². The lowest BCUT2D eigenvalue weighted by atomic mass is 10.4. The molecular formula is C7H13O3. The van der Waals surface area contributed by atoms with E-state index in [1.54, 1.807) is 6.92 Å². The number of carbonyl (C=O) groups is 1. The van der Waals surface area contributed by atoms with E-state index in [0.29, 0.717) is 5.57 Å². The molecule has 0 aliphatic rings. The van der Waals surface area contributed by atoms with Crippen LogP contribution in [0.1, 0.15) is 6.92 Å². The minimum Gasteiger partial charge on any atom is -0.460 e. The SMILES string of the molecule is C=C(C)C(=O)OCCO.[CH3]. The van der Waals surface area contributed by atoms with Crippen molar-refractivity contribution >= 4 is 5.97 Å². The number of aliphatic hydroxyl groups is 1. The second kappa shape index (κ2) is 6.29. The predicted octanol–water partition coefficient (Wildman–Crippen LogP) is 0.548. The average molecular weight is 145 g/mol. The van der Waals surface area contributed by atoms with Crippen molar-refractivity contribution < 1.29 is 14.6 Å². The van der Waals surface area contributed by atoms with Crippen molar-refractivity contribution in [3.63, 3.8) is 0 Å². The molecule has 3 heteroatoms. The van der Waals surface area contributed by atoms with Gasteiger partial charge in [-0.15, -0.1) is 0 Å². The van der Waals surface area contributed by atoms with Crippen LogP contribution in [0.5, 0.6) is 0 Å². The van der Waals surface area contributed by atoms with Crippen molar-refractivity contribution in [1.29, 1.82) is 0 Å². The summed E-state index contributed by atoms with van der Waals surface area (Å²) in [5.74, 6) is -0.455. The van der Waals surface area contributed by atoms with E-state index in [4.69, 9.17) is 5.11 Å². The third kappa shape index (κ3) is 5.31. The average Bonchev–Trinajstić information content (AvgIpc) is 1.82. The Balaban J connectivity index is 0. The van der Waals surface area contributed by atoms with Gasteiger partial charge in [-0.25, -0.2) is 4.79 Å². The molecule has 0 bridgehead atoms. The topological polar surface area (TPSA) is 46.5 Å². The highest BCUT2D eigenvalue weighted by Gasteiger charge is 1.99. The van der Waals surface area contributed by atoms with Crippen LogP contribution in [0.4, 0.5) is 0 Å². The number of aliphatic hydroxyl groups excluding tert-OH is 1. The molecule has 1 N–H and O–H groups in total. The number of carbonyl (C=O) groups excluding carboxylic acids is 1. The maximum Gasteiger partial charge on any atom is 0.333 e. The molecule has 0 rings (SSSR count). The van der Waals surface area contributed by atoms with Crippen LogP contribution in [-0.2, 0) is 9.53 Å². The number of hydrogen-bond acceptors (Lipinski definition) is 3. The van der Waals surface area contributed by atoms with Gasteiger partial charge in [-0.1, -0.05) is 14.0 Å². The lowest BCUT2D eigenvalue weighted by molar-refractivity contribution is -0.139. The van der Waals surface area contributed by atoms with Gasteiger partial charge in [0.1, 0.15) is 6.61 Å². The zero-order valence-electron chi connectivity index (χ0n) is 6.39. The molecule has 0 aliphatic carbocycles. The Hall–Kier alpha value is -0.830. The van der Waals surface area contributed by atoms with Crippen LogP contribution >= 0.6 is 0 Å². The highest BCUT2D eigenvalue weighted by molar-refractivity contribution is 5.86. The monoisotopic (exact) mass is 145 g/mol. The van der Waals surface area contributed by atoms with E-state index >= 15 is 0 Å². The first-order valence-corrected chi connectivity index (χ1v) is 2.62. The van der Waals surface area contributed by atoms with Crippen molar-refractivity contribution in [3.8, 4) is 0 Å². The Morgan fingerprint density at radius 2 is 2.20 bits per heavy atom. The van der Waals surface area contributed by atoms with Gasteiger partial charge >= 0.3 is 5.97 Å². The fraction of sp³-hybridized carbons (Fsp3) is 0.429. The van der Waals surface area contributed by atoms with E-state index < -0.39 is 5.97 Å². The van der Waals surface area contributed by atoms with Crippen LogP contribution in [0.3, 0.4) is 0 Å². The van der Waals surface area contributed by atoms with Crippen molar-refractivity contribution in [2.24, 2.45) is 0 Å². The molecule has 59 valence electrons. The maximum atomic E-state index is 10.5. The molecule has 0 amide bonds. The summed E-state index contributed by atoms with van der Waals surface area (Å²) < 4.78 is 4.46. The van der Waals surface area contributed by atoms with E-state index in [1.807, 2.05) is 0 Å². The van der Waals surface area contributed by atoms with E-state index in [1.165, 1.54) is 0 Å². The van der Waals surface area contributed by atoms with Crippen LogP contribution in [-0.4, -0.2) is 24.3 Å². The molecule has 0 saturated heterocycles. The normalized spacial score (nSPS) is 7.80. The summed E-state index contributed by atoms with van der Waals surface area (Å²) in [6.45, 7) is 4.81. The first-order chi connectivity index (χ1) is 4.18. The molecule has 0 saturated carbocycles. The Morgan fingerprint density at radius 3 is 2.50 bits per heavy atom. The molecule has 0 atom stereocenters. The van der Waals surface area contributed by atoms with Crippen LogP contribution < -0.4 is 0 Å². The van der Waals surface area contributed by atoms with Crippen molar-refractivity contribution in [3.05, 3.63) is 19.6 Å². The van der Waals surface area contributed by atoms with Crippen molar-refractivity contribution in [1.82, 2.24) is 0 Å². The Bertz CT molecular complexity index is 118. The Kier molecular flexibility index (Phi) is 7.49.